The first-order chi connectivity index (χ1) is 9.65. The van der Waals surface area contributed by atoms with Crippen molar-refractivity contribution in [1.82, 2.24) is 9.55 Å². The Kier molecular flexibility index (Phi) is 3.46. The average molecular weight is 336 g/mol. The van der Waals surface area contributed by atoms with Gasteiger partial charge in [-0.25, -0.2) is 4.98 Å². The lowest BCUT2D eigenvalue weighted by atomic mass is 10.1. The van der Waals surface area contributed by atoms with Crippen molar-refractivity contribution in [2.75, 3.05) is 12.8 Å². The third-order valence-corrected chi connectivity index (χ3v) is 4.20. The zero-order valence-electron chi connectivity index (χ0n) is 11.7. The van der Waals surface area contributed by atoms with Gasteiger partial charge in [0.2, 0.25) is 0 Å². The molecular formula is C15H18BrN3O. The molecule has 0 aliphatic heterocycles. The highest BCUT2D eigenvalue weighted by atomic mass is 79.9. The van der Waals surface area contributed by atoms with Crippen LogP contribution in [0.2, 0.25) is 0 Å². The maximum absolute atomic E-state index is 6.32. The number of benzene rings is 1. The van der Waals surface area contributed by atoms with E-state index < -0.39 is 0 Å². The fourth-order valence-corrected chi connectivity index (χ4v) is 2.89. The van der Waals surface area contributed by atoms with Gasteiger partial charge in [-0.05, 0) is 38.0 Å². The Labute approximate surface area is 127 Å². The van der Waals surface area contributed by atoms with E-state index in [0.717, 1.165) is 39.7 Å². The van der Waals surface area contributed by atoms with Crippen LogP contribution in [0.4, 0.5) is 5.82 Å². The Hall–Kier alpha value is -1.49. The fraction of sp³-hybridized carbons (Fsp3) is 0.400. The third kappa shape index (κ3) is 2.20. The van der Waals surface area contributed by atoms with E-state index in [-0.39, 0.29) is 0 Å². The van der Waals surface area contributed by atoms with Gasteiger partial charge in [0.1, 0.15) is 23.1 Å². The normalized spacial score (nSPS) is 14.6. The maximum atomic E-state index is 6.32. The van der Waals surface area contributed by atoms with Crippen LogP contribution in [-0.2, 0) is 6.54 Å². The molecule has 2 N–H and O–H groups in total. The minimum atomic E-state index is 0.573. The molecule has 20 heavy (non-hydrogen) atoms. The monoisotopic (exact) mass is 335 g/mol. The van der Waals surface area contributed by atoms with Crippen LogP contribution in [0.3, 0.4) is 0 Å². The average Bonchev–Trinajstić information content (AvgIpc) is 3.23. The van der Waals surface area contributed by atoms with Gasteiger partial charge in [-0.2, -0.15) is 0 Å². The first kappa shape index (κ1) is 13.5. The van der Waals surface area contributed by atoms with E-state index in [1.165, 1.54) is 12.8 Å². The van der Waals surface area contributed by atoms with Crippen molar-refractivity contribution in [2.24, 2.45) is 0 Å². The minimum Gasteiger partial charge on any atom is -0.496 e. The topological polar surface area (TPSA) is 53.1 Å². The molecule has 0 atom stereocenters. The summed E-state index contributed by atoms with van der Waals surface area (Å²) in [6.07, 6.45) is 2.43. The van der Waals surface area contributed by atoms with Crippen molar-refractivity contribution in [3.8, 4) is 17.0 Å². The maximum Gasteiger partial charge on any atom is 0.131 e. The molecule has 1 heterocycles. The van der Waals surface area contributed by atoms with Crippen molar-refractivity contribution >= 4 is 21.7 Å². The van der Waals surface area contributed by atoms with Crippen LogP contribution >= 0.6 is 15.9 Å². The molecule has 1 fully saturated rings. The summed E-state index contributed by atoms with van der Waals surface area (Å²) in [6.45, 7) is 2.95. The highest BCUT2D eigenvalue weighted by Crippen LogP contribution is 2.43. The van der Waals surface area contributed by atoms with Crippen molar-refractivity contribution in [3.63, 3.8) is 0 Å². The van der Waals surface area contributed by atoms with Crippen molar-refractivity contribution in [1.29, 1.82) is 0 Å². The second kappa shape index (κ2) is 5.13. The van der Waals surface area contributed by atoms with Gasteiger partial charge in [-0.3, -0.25) is 0 Å². The van der Waals surface area contributed by atoms with Crippen LogP contribution in [0.1, 0.15) is 31.5 Å². The first-order valence-corrected chi connectivity index (χ1v) is 7.64. The number of ether oxygens (including phenoxy) is 1. The molecular weight excluding hydrogens is 318 g/mol. The Balaban J connectivity index is 2.17. The molecule has 0 spiro atoms. The lowest BCUT2D eigenvalue weighted by Gasteiger charge is -2.08. The smallest absolute Gasteiger partial charge is 0.131 e. The lowest BCUT2D eigenvalue weighted by molar-refractivity contribution is 0.416. The Bertz CT molecular complexity index is 647. The third-order valence-electron chi connectivity index (χ3n) is 3.71. The van der Waals surface area contributed by atoms with Crippen LogP contribution in [0.25, 0.3) is 11.3 Å². The minimum absolute atomic E-state index is 0.573. The van der Waals surface area contributed by atoms with Gasteiger partial charge < -0.3 is 15.0 Å². The zero-order chi connectivity index (χ0) is 14.3. The predicted octanol–water partition coefficient (Wildman–Crippen LogP) is 3.80. The number of methoxy groups -OCH3 is 1. The van der Waals surface area contributed by atoms with Gasteiger partial charge in [-0.15, -0.1) is 0 Å². The number of imidazole rings is 1. The summed E-state index contributed by atoms with van der Waals surface area (Å²) in [5, 5.41) is 0. The number of anilines is 1. The van der Waals surface area contributed by atoms with E-state index >= 15 is 0 Å². The summed E-state index contributed by atoms with van der Waals surface area (Å²) >= 11 is 3.50. The van der Waals surface area contributed by atoms with Gasteiger partial charge in [0.25, 0.3) is 0 Å². The van der Waals surface area contributed by atoms with Crippen LogP contribution in [0.15, 0.2) is 22.7 Å². The van der Waals surface area contributed by atoms with Gasteiger partial charge in [0.05, 0.1) is 7.11 Å². The Morgan fingerprint density at radius 2 is 2.20 bits per heavy atom. The predicted molar refractivity (Wildman–Crippen MR) is 84.0 cm³/mol. The Morgan fingerprint density at radius 3 is 2.80 bits per heavy atom. The molecule has 1 aromatic heterocycles. The van der Waals surface area contributed by atoms with Crippen LogP contribution in [-0.4, -0.2) is 16.7 Å². The summed E-state index contributed by atoms with van der Waals surface area (Å²) in [4.78, 5) is 4.80. The standard InChI is InChI=1S/C15H18BrN3O/c1-3-19-14(17)13(18-15(19)9-4-5-9)11-8-10(16)6-7-12(11)20-2/h6-9H,3-5,17H2,1-2H3. The van der Waals surface area contributed by atoms with Gasteiger partial charge in [0.15, 0.2) is 0 Å². The molecule has 0 radical (unpaired) electrons. The molecule has 0 bridgehead atoms. The molecule has 4 nitrogen and oxygen atoms in total. The summed E-state index contributed by atoms with van der Waals surface area (Å²) in [6, 6.07) is 5.89. The van der Waals surface area contributed by atoms with Crippen molar-refractivity contribution in [3.05, 3.63) is 28.5 Å². The second-order valence-corrected chi connectivity index (χ2v) is 5.98. The van der Waals surface area contributed by atoms with Crippen LogP contribution in [0, 0.1) is 0 Å². The van der Waals surface area contributed by atoms with Crippen LogP contribution < -0.4 is 10.5 Å². The number of halogens is 1. The number of nitrogens with zero attached hydrogens (tertiary/aromatic N) is 2. The van der Waals surface area contributed by atoms with Crippen molar-refractivity contribution in [2.45, 2.75) is 32.2 Å². The molecule has 0 saturated heterocycles. The molecule has 1 aliphatic carbocycles. The Morgan fingerprint density at radius 1 is 1.45 bits per heavy atom. The molecule has 0 unspecified atom stereocenters. The summed E-state index contributed by atoms with van der Waals surface area (Å²) in [5.74, 6) is 3.21. The molecule has 2 aromatic rings. The number of nitrogens with two attached hydrogens (primary N) is 1. The summed E-state index contributed by atoms with van der Waals surface area (Å²) in [5.41, 5.74) is 8.08. The van der Waals surface area contributed by atoms with Gasteiger partial charge >= 0.3 is 0 Å². The van der Waals surface area contributed by atoms with E-state index in [4.69, 9.17) is 15.5 Å². The number of hydrogen-bond donors (Lipinski definition) is 1. The number of aromatic nitrogens is 2. The molecule has 106 valence electrons. The van der Waals surface area contributed by atoms with E-state index in [9.17, 15) is 0 Å². The molecule has 3 rings (SSSR count). The first-order valence-electron chi connectivity index (χ1n) is 6.85. The fourth-order valence-electron chi connectivity index (χ4n) is 2.53. The van der Waals surface area contributed by atoms with E-state index in [1.807, 2.05) is 18.2 Å². The van der Waals surface area contributed by atoms with Gasteiger partial charge in [0, 0.05) is 22.5 Å². The number of rotatable bonds is 4. The number of hydrogen-bond acceptors (Lipinski definition) is 3. The SMILES string of the molecule is CCn1c(C2CC2)nc(-c2cc(Br)ccc2OC)c1N. The van der Waals surface area contributed by atoms with Crippen LogP contribution in [0.5, 0.6) is 5.75 Å². The van der Waals surface area contributed by atoms with E-state index in [0.29, 0.717) is 5.92 Å². The largest absolute Gasteiger partial charge is 0.496 e. The summed E-state index contributed by atoms with van der Waals surface area (Å²) < 4.78 is 8.55. The molecule has 1 aliphatic rings. The molecule has 1 saturated carbocycles. The van der Waals surface area contributed by atoms with E-state index in [1.54, 1.807) is 7.11 Å². The second-order valence-electron chi connectivity index (χ2n) is 5.07. The lowest BCUT2D eigenvalue weighted by Crippen LogP contribution is -2.04. The highest BCUT2D eigenvalue weighted by molar-refractivity contribution is 9.10. The summed E-state index contributed by atoms with van der Waals surface area (Å²) in [7, 11) is 1.67. The number of nitrogen functional groups attached to an aromatic ring is 1. The van der Waals surface area contributed by atoms with Gasteiger partial charge in [-0.1, -0.05) is 15.9 Å². The quantitative estimate of drug-likeness (QED) is 0.924. The molecule has 5 heteroatoms. The molecule has 0 amide bonds. The molecule has 1 aromatic carbocycles. The van der Waals surface area contributed by atoms with Crippen molar-refractivity contribution < 1.29 is 4.74 Å². The van der Waals surface area contributed by atoms with E-state index in [2.05, 4.69) is 27.4 Å². The zero-order valence-corrected chi connectivity index (χ0v) is 13.3. The highest BCUT2D eigenvalue weighted by Gasteiger charge is 2.31.